The van der Waals surface area contributed by atoms with Crippen LogP contribution in [0.15, 0.2) is 0 Å². The van der Waals surface area contributed by atoms with Crippen molar-refractivity contribution in [1.29, 1.82) is 0 Å². The highest BCUT2D eigenvalue weighted by Gasteiger charge is 2.17. The summed E-state index contributed by atoms with van der Waals surface area (Å²) in [5.74, 6) is 0.127. The van der Waals surface area contributed by atoms with E-state index in [4.69, 9.17) is 5.73 Å². The molecule has 18 heavy (non-hydrogen) atoms. The van der Waals surface area contributed by atoms with Crippen molar-refractivity contribution in [2.45, 2.75) is 38.8 Å². The van der Waals surface area contributed by atoms with Gasteiger partial charge in [0.1, 0.15) is 0 Å². The van der Waals surface area contributed by atoms with Gasteiger partial charge in [0.05, 0.1) is 6.54 Å². The van der Waals surface area contributed by atoms with Crippen LogP contribution in [0.25, 0.3) is 0 Å². The van der Waals surface area contributed by atoms with E-state index in [0.29, 0.717) is 18.6 Å². The Morgan fingerprint density at radius 2 is 2.06 bits per heavy atom. The summed E-state index contributed by atoms with van der Waals surface area (Å²) in [7, 11) is 2.07. The van der Waals surface area contributed by atoms with Gasteiger partial charge in [-0.05, 0) is 33.7 Å². The lowest BCUT2D eigenvalue weighted by molar-refractivity contribution is -0.122. The molecular formula is C13H28N4O. The van der Waals surface area contributed by atoms with Crippen molar-refractivity contribution in [2.75, 3.05) is 39.8 Å². The molecule has 106 valence electrons. The van der Waals surface area contributed by atoms with Gasteiger partial charge in [0.25, 0.3) is 0 Å². The zero-order chi connectivity index (χ0) is 13.5. The predicted molar refractivity (Wildman–Crippen MR) is 74.4 cm³/mol. The van der Waals surface area contributed by atoms with Crippen LogP contribution in [0.2, 0.25) is 0 Å². The van der Waals surface area contributed by atoms with Gasteiger partial charge in [0.2, 0.25) is 5.91 Å². The highest BCUT2D eigenvalue weighted by atomic mass is 16.2. The Balaban J connectivity index is 2.10. The molecule has 0 spiro atoms. The maximum atomic E-state index is 11.7. The molecule has 1 fully saturated rings. The van der Waals surface area contributed by atoms with Crippen LogP contribution in [0.4, 0.5) is 0 Å². The van der Waals surface area contributed by atoms with Gasteiger partial charge in [-0.1, -0.05) is 0 Å². The molecule has 1 heterocycles. The van der Waals surface area contributed by atoms with Crippen molar-refractivity contribution >= 4 is 5.91 Å². The fourth-order valence-corrected chi connectivity index (χ4v) is 2.00. The minimum Gasteiger partial charge on any atom is -0.354 e. The molecule has 1 amide bonds. The van der Waals surface area contributed by atoms with Gasteiger partial charge in [-0.2, -0.15) is 0 Å². The molecule has 0 aromatic carbocycles. The zero-order valence-corrected chi connectivity index (χ0v) is 12.0. The summed E-state index contributed by atoms with van der Waals surface area (Å²) in [6.07, 6.45) is 2.01. The van der Waals surface area contributed by atoms with E-state index >= 15 is 0 Å². The van der Waals surface area contributed by atoms with Crippen LogP contribution in [0, 0.1) is 0 Å². The summed E-state index contributed by atoms with van der Waals surface area (Å²) in [5.41, 5.74) is 5.84. The number of hydrogen-bond acceptors (Lipinski definition) is 4. The topological polar surface area (TPSA) is 61.6 Å². The van der Waals surface area contributed by atoms with Crippen LogP contribution in [0.5, 0.6) is 0 Å². The number of likely N-dealkylation sites (N-methyl/N-ethyl adjacent to an activating group) is 1. The molecule has 0 bridgehead atoms. The van der Waals surface area contributed by atoms with Crippen molar-refractivity contribution in [3.63, 3.8) is 0 Å². The second kappa shape index (κ2) is 7.71. The first-order valence-electron chi connectivity index (χ1n) is 6.94. The minimum atomic E-state index is 0.127. The third-order valence-electron chi connectivity index (χ3n) is 3.67. The molecule has 0 radical (unpaired) electrons. The first-order valence-corrected chi connectivity index (χ1v) is 6.94. The van der Waals surface area contributed by atoms with E-state index in [1.54, 1.807) is 0 Å². The number of hydrogen-bond donors (Lipinski definition) is 2. The number of piperidine rings is 1. The summed E-state index contributed by atoms with van der Waals surface area (Å²) < 4.78 is 0. The van der Waals surface area contributed by atoms with E-state index < -0.39 is 0 Å². The fraction of sp³-hybridized carbons (Fsp3) is 0.923. The zero-order valence-electron chi connectivity index (χ0n) is 12.0. The summed E-state index contributed by atoms with van der Waals surface area (Å²) in [6.45, 7) is 8.33. The van der Waals surface area contributed by atoms with E-state index in [2.05, 4.69) is 36.0 Å². The Morgan fingerprint density at radius 1 is 1.44 bits per heavy atom. The molecule has 1 aliphatic heterocycles. The molecule has 0 atom stereocenters. The van der Waals surface area contributed by atoms with E-state index in [1.165, 1.54) is 0 Å². The molecule has 5 nitrogen and oxygen atoms in total. The number of amides is 1. The van der Waals surface area contributed by atoms with Gasteiger partial charge in [-0.15, -0.1) is 0 Å². The Morgan fingerprint density at radius 3 is 2.61 bits per heavy atom. The monoisotopic (exact) mass is 256 g/mol. The second-order valence-electron chi connectivity index (χ2n) is 5.54. The largest absolute Gasteiger partial charge is 0.354 e. The van der Waals surface area contributed by atoms with Crippen molar-refractivity contribution in [3.8, 4) is 0 Å². The lowest BCUT2D eigenvalue weighted by atomic mass is 10.1. The van der Waals surface area contributed by atoms with Crippen LogP contribution < -0.4 is 11.1 Å². The summed E-state index contributed by atoms with van der Waals surface area (Å²) in [6, 6.07) is 0.842. The van der Waals surface area contributed by atoms with Crippen LogP contribution >= 0.6 is 0 Å². The lowest BCUT2D eigenvalue weighted by Crippen LogP contribution is -2.45. The predicted octanol–water partition coefficient (Wildman–Crippen LogP) is -0.134. The van der Waals surface area contributed by atoms with Crippen LogP contribution in [0.3, 0.4) is 0 Å². The number of likely N-dealkylation sites (tertiary alicyclic amines) is 1. The van der Waals surface area contributed by atoms with Gasteiger partial charge in [0, 0.05) is 38.3 Å². The molecule has 5 heteroatoms. The highest BCUT2D eigenvalue weighted by Crippen LogP contribution is 2.07. The molecule has 1 saturated heterocycles. The molecule has 0 aromatic heterocycles. The van der Waals surface area contributed by atoms with Crippen molar-refractivity contribution in [1.82, 2.24) is 15.1 Å². The number of nitrogens with two attached hydrogens (primary N) is 1. The van der Waals surface area contributed by atoms with E-state index in [-0.39, 0.29) is 5.91 Å². The number of carbonyl (C=O) groups is 1. The third kappa shape index (κ3) is 5.80. The maximum absolute atomic E-state index is 11.7. The molecule has 1 aliphatic rings. The quantitative estimate of drug-likeness (QED) is 0.695. The van der Waals surface area contributed by atoms with Crippen molar-refractivity contribution < 1.29 is 4.79 Å². The Labute approximate surface area is 111 Å². The van der Waals surface area contributed by atoms with E-state index in [0.717, 1.165) is 39.0 Å². The first kappa shape index (κ1) is 15.4. The van der Waals surface area contributed by atoms with Crippen LogP contribution in [-0.4, -0.2) is 67.6 Å². The third-order valence-corrected chi connectivity index (χ3v) is 3.67. The maximum Gasteiger partial charge on any atom is 0.234 e. The van der Waals surface area contributed by atoms with Crippen molar-refractivity contribution in [3.05, 3.63) is 0 Å². The SMILES string of the molecule is CC(C)N(C)CCNC(=O)CN1CCC(N)CC1. The van der Waals surface area contributed by atoms with Gasteiger partial charge < -0.3 is 16.0 Å². The normalized spacial score (nSPS) is 18.6. The number of nitrogens with zero attached hydrogens (tertiary/aromatic N) is 2. The second-order valence-corrected chi connectivity index (χ2v) is 5.54. The van der Waals surface area contributed by atoms with E-state index in [1.807, 2.05) is 0 Å². The average Bonchev–Trinajstić information content (AvgIpc) is 2.32. The molecule has 3 N–H and O–H groups in total. The van der Waals surface area contributed by atoms with Crippen molar-refractivity contribution in [2.24, 2.45) is 5.73 Å². The smallest absolute Gasteiger partial charge is 0.234 e. The number of carbonyl (C=O) groups excluding carboxylic acids is 1. The number of rotatable bonds is 6. The summed E-state index contributed by atoms with van der Waals surface area (Å²) >= 11 is 0. The standard InChI is InChI=1S/C13H28N4O/c1-11(2)16(3)9-6-15-13(18)10-17-7-4-12(14)5-8-17/h11-12H,4-10,14H2,1-3H3,(H,15,18). The van der Waals surface area contributed by atoms with Crippen LogP contribution in [-0.2, 0) is 4.79 Å². The average molecular weight is 256 g/mol. The molecular weight excluding hydrogens is 228 g/mol. The van der Waals surface area contributed by atoms with Crippen LogP contribution in [0.1, 0.15) is 26.7 Å². The summed E-state index contributed by atoms with van der Waals surface area (Å²) in [4.78, 5) is 16.1. The summed E-state index contributed by atoms with van der Waals surface area (Å²) in [5, 5.41) is 2.97. The van der Waals surface area contributed by atoms with E-state index in [9.17, 15) is 4.79 Å². The molecule has 0 saturated carbocycles. The van der Waals surface area contributed by atoms with Gasteiger partial charge in [-0.25, -0.2) is 0 Å². The minimum absolute atomic E-state index is 0.127. The lowest BCUT2D eigenvalue weighted by Gasteiger charge is -2.29. The fourth-order valence-electron chi connectivity index (χ4n) is 2.00. The van der Waals surface area contributed by atoms with Gasteiger partial charge in [0.15, 0.2) is 0 Å². The molecule has 0 aromatic rings. The van der Waals surface area contributed by atoms with Gasteiger partial charge in [-0.3, -0.25) is 9.69 Å². The Kier molecular flexibility index (Phi) is 6.60. The number of nitrogens with one attached hydrogen (secondary N) is 1. The van der Waals surface area contributed by atoms with Gasteiger partial charge >= 0.3 is 0 Å². The first-order chi connectivity index (χ1) is 8.49. The molecule has 1 rings (SSSR count). The highest BCUT2D eigenvalue weighted by molar-refractivity contribution is 5.78. The molecule has 0 aliphatic carbocycles. The Hall–Kier alpha value is -0.650. The molecule has 0 unspecified atom stereocenters. The Bertz CT molecular complexity index is 249.